The van der Waals surface area contributed by atoms with Crippen molar-refractivity contribution in [1.82, 2.24) is 0 Å². The number of rotatable bonds is 8. The van der Waals surface area contributed by atoms with Crippen molar-refractivity contribution in [3.8, 4) is 11.5 Å². The Morgan fingerprint density at radius 2 is 1.74 bits per heavy atom. The fourth-order valence-electron chi connectivity index (χ4n) is 2.33. The van der Waals surface area contributed by atoms with E-state index < -0.39 is 0 Å². The summed E-state index contributed by atoms with van der Waals surface area (Å²) in [7, 11) is 3.19. The minimum Gasteiger partial charge on any atom is -0.497 e. The van der Waals surface area contributed by atoms with Crippen LogP contribution in [-0.4, -0.2) is 20.0 Å². The van der Waals surface area contributed by atoms with E-state index in [4.69, 9.17) is 9.47 Å². The molecule has 0 atom stereocenters. The van der Waals surface area contributed by atoms with Gasteiger partial charge in [0.2, 0.25) is 0 Å². The number of ether oxygens (including phenoxy) is 2. The molecule has 0 aliphatic rings. The average Bonchev–Trinajstić information content (AvgIpc) is 2.45. The minimum atomic E-state index is 0.0796. The highest BCUT2D eigenvalue weighted by Gasteiger charge is 2.22. The Morgan fingerprint density at radius 1 is 1.11 bits per heavy atom. The fraction of sp³-hybridized carbons (Fsp3) is 0.562. The highest BCUT2D eigenvalue weighted by molar-refractivity contribution is 6.00. The zero-order valence-electron chi connectivity index (χ0n) is 12.4. The van der Waals surface area contributed by atoms with Crippen LogP contribution >= 0.6 is 0 Å². The molecule has 19 heavy (non-hydrogen) atoms. The van der Waals surface area contributed by atoms with Crippen LogP contribution in [0.5, 0.6) is 11.5 Å². The molecule has 0 bridgehead atoms. The maximum absolute atomic E-state index is 12.6. The third kappa shape index (κ3) is 3.98. The third-order valence-electron chi connectivity index (χ3n) is 3.32. The van der Waals surface area contributed by atoms with Crippen LogP contribution in [0, 0.1) is 5.92 Å². The Bertz CT molecular complexity index is 406. The Morgan fingerprint density at radius 3 is 2.21 bits per heavy atom. The van der Waals surface area contributed by atoms with Crippen molar-refractivity contribution in [3.05, 3.63) is 23.8 Å². The van der Waals surface area contributed by atoms with Crippen LogP contribution in [0.3, 0.4) is 0 Å². The molecule has 1 rings (SSSR count). The molecule has 106 valence electrons. The third-order valence-corrected chi connectivity index (χ3v) is 3.32. The fourth-order valence-corrected chi connectivity index (χ4v) is 2.33. The summed E-state index contributed by atoms with van der Waals surface area (Å²) in [6.07, 6.45) is 3.88. The molecule has 0 spiro atoms. The predicted molar refractivity (Wildman–Crippen MR) is 77.2 cm³/mol. The molecular weight excluding hydrogens is 240 g/mol. The molecule has 0 fully saturated rings. The summed E-state index contributed by atoms with van der Waals surface area (Å²) >= 11 is 0. The van der Waals surface area contributed by atoms with Crippen LogP contribution in [-0.2, 0) is 0 Å². The molecule has 1 aromatic carbocycles. The molecule has 3 nitrogen and oxygen atoms in total. The summed E-state index contributed by atoms with van der Waals surface area (Å²) in [4.78, 5) is 12.6. The van der Waals surface area contributed by atoms with E-state index in [2.05, 4.69) is 13.8 Å². The number of carbonyl (C=O) groups excluding carboxylic acids is 1. The average molecular weight is 264 g/mol. The zero-order valence-corrected chi connectivity index (χ0v) is 12.4. The summed E-state index contributed by atoms with van der Waals surface area (Å²) in [5.74, 6) is 1.56. The highest BCUT2D eigenvalue weighted by atomic mass is 16.5. The standard InChI is InChI=1S/C16H24O3/c1-5-7-12(8-6-2)16(17)14-11-13(18-3)9-10-15(14)19-4/h9-12H,5-8H2,1-4H3. The summed E-state index contributed by atoms with van der Waals surface area (Å²) < 4.78 is 10.5. The van der Waals surface area contributed by atoms with E-state index in [0.717, 1.165) is 25.7 Å². The maximum atomic E-state index is 12.6. The molecule has 0 aliphatic carbocycles. The predicted octanol–water partition coefficient (Wildman–Crippen LogP) is 4.10. The van der Waals surface area contributed by atoms with Gasteiger partial charge >= 0.3 is 0 Å². The molecule has 0 aliphatic heterocycles. The van der Waals surface area contributed by atoms with Crippen LogP contribution in [0.1, 0.15) is 49.9 Å². The normalized spacial score (nSPS) is 10.6. The van der Waals surface area contributed by atoms with E-state index in [0.29, 0.717) is 17.1 Å². The Kier molecular flexibility index (Phi) is 6.40. The van der Waals surface area contributed by atoms with E-state index in [1.165, 1.54) is 0 Å². The maximum Gasteiger partial charge on any atom is 0.169 e. The minimum absolute atomic E-state index is 0.0796. The molecule has 0 saturated heterocycles. The van der Waals surface area contributed by atoms with Crippen LogP contribution in [0.2, 0.25) is 0 Å². The molecule has 0 heterocycles. The van der Waals surface area contributed by atoms with Crippen molar-refractivity contribution in [2.24, 2.45) is 5.92 Å². The molecular formula is C16H24O3. The summed E-state index contributed by atoms with van der Waals surface area (Å²) in [6, 6.07) is 5.38. The molecule has 0 aromatic heterocycles. The Labute approximate surface area is 115 Å². The Hall–Kier alpha value is -1.51. The quantitative estimate of drug-likeness (QED) is 0.663. The van der Waals surface area contributed by atoms with E-state index in [9.17, 15) is 4.79 Å². The molecule has 0 N–H and O–H groups in total. The van der Waals surface area contributed by atoms with Gasteiger partial charge in [0, 0.05) is 5.92 Å². The summed E-state index contributed by atoms with van der Waals surface area (Å²) in [5.41, 5.74) is 0.633. The monoisotopic (exact) mass is 264 g/mol. The van der Waals surface area contributed by atoms with Gasteiger partial charge in [-0.2, -0.15) is 0 Å². The second-order valence-corrected chi connectivity index (χ2v) is 4.70. The lowest BCUT2D eigenvalue weighted by Crippen LogP contribution is -2.15. The second-order valence-electron chi connectivity index (χ2n) is 4.70. The van der Waals surface area contributed by atoms with Gasteiger partial charge in [-0.05, 0) is 31.0 Å². The second kappa shape index (κ2) is 7.82. The molecule has 0 saturated carbocycles. The van der Waals surface area contributed by atoms with Crippen molar-refractivity contribution >= 4 is 5.78 Å². The molecule has 1 aromatic rings. The van der Waals surface area contributed by atoms with Crippen LogP contribution in [0.4, 0.5) is 0 Å². The van der Waals surface area contributed by atoms with Crippen molar-refractivity contribution < 1.29 is 14.3 Å². The lowest BCUT2D eigenvalue weighted by Gasteiger charge is -2.16. The van der Waals surface area contributed by atoms with Gasteiger partial charge in [-0.25, -0.2) is 0 Å². The van der Waals surface area contributed by atoms with Gasteiger partial charge in [-0.3, -0.25) is 4.79 Å². The smallest absolute Gasteiger partial charge is 0.169 e. The number of methoxy groups -OCH3 is 2. The highest BCUT2D eigenvalue weighted by Crippen LogP contribution is 2.29. The van der Waals surface area contributed by atoms with Gasteiger partial charge in [0.25, 0.3) is 0 Å². The molecule has 0 unspecified atom stereocenters. The Balaban J connectivity index is 3.06. The first-order valence-electron chi connectivity index (χ1n) is 6.94. The van der Waals surface area contributed by atoms with Crippen molar-refractivity contribution in [2.75, 3.05) is 14.2 Å². The van der Waals surface area contributed by atoms with E-state index >= 15 is 0 Å². The van der Waals surface area contributed by atoms with E-state index in [1.807, 2.05) is 6.07 Å². The first kappa shape index (κ1) is 15.5. The number of Topliss-reactive ketones (excluding diaryl/α,β-unsaturated/α-hetero) is 1. The van der Waals surface area contributed by atoms with Gasteiger partial charge in [-0.1, -0.05) is 26.7 Å². The lowest BCUT2D eigenvalue weighted by atomic mass is 9.89. The van der Waals surface area contributed by atoms with Crippen molar-refractivity contribution in [1.29, 1.82) is 0 Å². The van der Waals surface area contributed by atoms with Crippen LogP contribution < -0.4 is 9.47 Å². The zero-order chi connectivity index (χ0) is 14.3. The first-order valence-corrected chi connectivity index (χ1v) is 6.94. The van der Waals surface area contributed by atoms with Gasteiger partial charge in [0.15, 0.2) is 5.78 Å². The van der Waals surface area contributed by atoms with Crippen molar-refractivity contribution in [2.45, 2.75) is 39.5 Å². The number of hydrogen-bond donors (Lipinski definition) is 0. The SMILES string of the molecule is CCCC(CCC)C(=O)c1cc(OC)ccc1OC. The molecule has 3 heteroatoms. The van der Waals surface area contributed by atoms with Gasteiger partial charge in [-0.15, -0.1) is 0 Å². The number of hydrogen-bond acceptors (Lipinski definition) is 3. The van der Waals surface area contributed by atoms with E-state index in [1.54, 1.807) is 26.4 Å². The largest absolute Gasteiger partial charge is 0.497 e. The van der Waals surface area contributed by atoms with E-state index in [-0.39, 0.29) is 11.7 Å². The van der Waals surface area contributed by atoms with Crippen LogP contribution in [0.15, 0.2) is 18.2 Å². The van der Waals surface area contributed by atoms with Gasteiger partial charge in [0.1, 0.15) is 11.5 Å². The van der Waals surface area contributed by atoms with Gasteiger partial charge in [0.05, 0.1) is 19.8 Å². The summed E-state index contributed by atoms with van der Waals surface area (Å²) in [5, 5.41) is 0. The lowest BCUT2D eigenvalue weighted by molar-refractivity contribution is 0.0901. The van der Waals surface area contributed by atoms with Crippen LogP contribution in [0.25, 0.3) is 0 Å². The summed E-state index contributed by atoms with van der Waals surface area (Å²) in [6.45, 7) is 4.22. The van der Waals surface area contributed by atoms with Crippen molar-refractivity contribution in [3.63, 3.8) is 0 Å². The topological polar surface area (TPSA) is 35.5 Å². The molecule has 0 radical (unpaired) electrons. The number of carbonyl (C=O) groups is 1. The number of ketones is 1. The number of benzene rings is 1. The van der Waals surface area contributed by atoms with Gasteiger partial charge < -0.3 is 9.47 Å². The molecule has 0 amide bonds. The first-order chi connectivity index (χ1) is 9.17.